The minimum absolute atomic E-state index is 0.0682. The van der Waals surface area contributed by atoms with Gasteiger partial charge in [-0.25, -0.2) is 27.6 Å². The second kappa shape index (κ2) is 12.8. The van der Waals surface area contributed by atoms with Crippen molar-refractivity contribution in [2.75, 3.05) is 26.7 Å². The average Bonchev–Trinajstić information content (AvgIpc) is 3.47. The molecule has 2 aromatic heterocycles. The van der Waals surface area contributed by atoms with Crippen molar-refractivity contribution in [1.29, 1.82) is 5.41 Å². The number of carbonyl (C=O) groups excluding carboxylic acids is 1. The first-order chi connectivity index (χ1) is 21.9. The van der Waals surface area contributed by atoms with Crippen LogP contribution in [0.15, 0.2) is 75.8 Å². The minimum atomic E-state index is -4.24. The fourth-order valence-electron chi connectivity index (χ4n) is 4.33. The van der Waals surface area contributed by atoms with E-state index in [1.54, 1.807) is 18.9 Å². The van der Waals surface area contributed by atoms with Crippen molar-refractivity contribution in [1.82, 2.24) is 14.9 Å². The second-order valence-electron chi connectivity index (χ2n) is 9.75. The molecule has 3 heterocycles. The highest BCUT2D eigenvalue weighted by molar-refractivity contribution is 7.91. The zero-order chi connectivity index (χ0) is 33.2. The zero-order valence-corrected chi connectivity index (χ0v) is 25.1. The maximum Gasteiger partial charge on any atom is 0.339 e. The van der Waals surface area contributed by atoms with Crippen molar-refractivity contribution in [2.45, 2.75) is 16.8 Å². The van der Waals surface area contributed by atoms with Gasteiger partial charge in [0.05, 0.1) is 35.4 Å². The number of rotatable bonds is 10. The van der Waals surface area contributed by atoms with Gasteiger partial charge in [-0.15, -0.1) is 0 Å². The molecule has 0 saturated carbocycles. The largest absolute Gasteiger partial charge is 0.504 e. The number of aromatic nitrogens is 2. The third kappa shape index (κ3) is 6.28. The molecule has 13 nitrogen and oxygen atoms in total. The Morgan fingerprint density at radius 2 is 1.80 bits per heavy atom. The molecule has 0 spiro atoms. The van der Waals surface area contributed by atoms with Crippen LogP contribution in [0.5, 0.6) is 28.9 Å². The molecule has 0 amide bonds. The van der Waals surface area contributed by atoms with Crippen molar-refractivity contribution in [2.24, 2.45) is 10.7 Å². The quantitative estimate of drug-likeness (QED) is 0.127. The number of pyridine rings is 2. The van der Waals surface area contributed by atoms with Crippen LogP contribution in [0.1, 0.15) is 28.4 Å². The van der Waals surface area contributed by atoms with Gasteiger partial charge in [0.1, 0.15) is 17.4 Å². The maximum absolute atomic E-state index is 15.6. The molecule has 46 heavy (non-hydrogen) atoms. The van der Waals surface area contributed by atoms with Gasteiger partial charge in [0.15, 0.2) is 22.3 Å². The van der Waals surface area contributed by atoms with Crippen LogP contribution in [0, 0.1) is 17.0 Å². The highest BCUT2D eigenvalue weighted by Gasteiger charge is 2.28. The molecular weight excluding hydrogens is 626 g/mol. The number of phenols is 1. The third-order valence-electron chi connectivity index (χ3n) is 6.67. The van der Waals surface area contributed by atoms with E-state index in [0.29, 0.717) is 25.1 Å². The van der Waals surface area contributed by atoms with Crippen LogP contribution in [0.25, 0.3) is 0 Å². The van der Waals surface area contributed by atoms with Crippen LogP contribution in [0.3, 0.4) is 0 Å². The van der Waals surface area contributed by atoms with Crippen LogP contribution in [0.2, 0.25) is 0 Å². The third-order valence-corrected chi connectivity index (χ3v) is 8.34. The predicted octanol–water partition coefficient (Wildman–Crippen LogP) is 4.03. The highest BCUT2D eigenvalue weighted by atomic mass is 32.2. The fourth-order valence-corrected chi connectivity index (χ4v) is 5.53. The van der Waals surface area contributed by atoms with Crippen molar-refractivity contribution in [3.05, 3.63) is 89.2 Å². The SMILES string of the molecule is CCOC(=O)c1ccc(S(=O)(=O)c2ccc(Oc3c(F)cnc(Oc4cc(C(=N)N)ccc4O)c3F)c(C3=NCCN3C)c2)nc1. The van der Waals surface area contributed by atoms with Crippen LogP contribution in [0.4, 0.5) is 8.78 Å². The first-order valence-corrected chi connectivity index (χ1v) is 15.0. The number of aliphatic imine (C=N–C) groups is 1. The molecule has 0 fully saturated rings. The van der Waals surface area contributed by atoms with E-state index in [0.717, 1.165) is 12.3 Å². The number of nitrogens with one attached hydrogen (secondary N) is 1. The summed E-state index contributed by atoms with van der Waals surface area (Å²) in [6, 6.07) is 9.76. The summed E-state index contributed by atoms with van der Waals surface area (Å²) in [5.74, 6) is -5.85. The molecule has 238 valence electrons. The molecule has 0 bridgehead atoms. The van der Waals surface area contributed by atoms with E-state index in [1.807, 2.05) is 0 Å². The number of esters is 1. The van der Waals surface area contributed by atoms with Gasteiger partial charge in [-0.1, -0.05) is 0 Å². The van der Waals surface area contributed by atoms with Crippen molar-refractivity contribution in [3.63, 3.8) is 0 Å². The zero-order valence-electron chi connectivity index (χ0n) is 24.3. The number of aromatic hydroxyl groups is 1. The summed E-state index contributed by atoms with van der Waals surface area (Å²) in [5, 5.41) is 17.4. The molecule has 1 aliphatic rings. The van der Waals surface area contributed by atoms with Crippen LogP contribution in [-0.4, -0.2) is 72.8 Å². The lowest BCUT2D eigenvalue weighted by Crippen LogP contribution is -2.24. The Balaban J connectivity index is 1.52. The molecule has 1 aliphatic heterocycles. The van der Waals surface area contributed by atoms with Gasteiger partial charge in [-0.3, -0.25) is 10.4 Å². The number of phenolic OH excluding ortho intramolecular Hbond substituents is 1. The molecule has 4 aromatic rings. The van der Waals surface area contributed by atoms with Gasteiger partial charge < -0.3 is 30.0 Å². The molecule has 4 N–H and O–H groups in total. The highest BCUT2D eigenvalue weighted by Crippen LogP contribution is 2.38. The number of nitrogen functional groups attached to an aromatic ring is 1. The number of ether oxygens (including phenoxy) is 3. The smallest absolute Gasteiger partial charge is 0.339 e. The van der Waals surface area contributed by atoms with Gasteiger partial charge in [0.25, 0.3) is 5.88 Å². The summed E-state index contributed by atoms with van der Waals surface area (Å²) >= 11 is 0. The molecule has 0 radical (unpaired) electrons. The summed E-state index contributed by atoms with van der Waals surface area (Å²) in [5.41, 5.74) is 5.81. The lowest BCUT2D eigenvalue weighted by Gasteiger charge is -2.19. The van der Waals surface area contributed by atoms with E-state index in [2.05, 4.69) is 15.0 Å². The molecular formula is C30H26F2N6O7S. The van der Waals surface area contributed by atoms with Crippen molar-refractivity contribution < 1.29 is 41.3 Å². The number of carbonyl (C=O) groups is 1. The van der Waals surface area contributed by atoms with Gasteiger partial charge in [-0.05, 0) is 55.5 Å². The van der Waals surface area contributed by atoms with Gasteiger partial charge in [0, 0.05) is 25.4 Å². The van der Waals surface area contributed by atoms with E-state index in [-0.39, 0.29) is 50.6 Å². The molecule has 0 atom stereocenters. The van der Waals surface area contributed by atoms with Crippen molar-refractivity contribution in [3.8, 4) is 28.9 Å². The number of hydrogen-bond donors (Lipinski definition) is 3. The normalized spacial score (nSPS) is 12.9. The number of hydrogen-bond acceptors (Lipinski definition) is 12. The Kier molecular flexibility index (Phi) is 8.82. The van der Waals surface area contributed by atoms with Gasteiger partial charge in [0.2, 0.25) is 21.4 Å². The number of amidine groups is 2. The van der Waals surface area contributed by atoms with Crippen LogP contribution < -0.4 is 15.2 Å². The van der Waals surface area contributed by atoms with Crippen LogP contribution in [-0.2, 0) is 14.6 Å². The first-order valence-electron chi connectivity index (χ1n) is 13.6. The molecule has 0 saturated heterocycles. The summed E-state index contributed by atoms with van der Waals surface area (Å²) in [6.07, 6.45) is 1.73. The summed E-state index contributed by atoms with van der Waals surface area (Å²) < 4.78 is 73.6. The van der Waals surface area contributed by atoms with E-state index in [4.69, 9.17) is 25.4 Å². The first kappa shape index (κ1) is 31.8. The number of nitrogens with zero attached hydrogens (tertiary/aromatic N) is 4. The molecule has 16 heteroatoms. The van der Waals surface area contributed by atoms with E-state index >= 15 is 4.39 Å². The van der Waals surface area contributed by atoms with E-state index < -0.39 is 44.8 Å². The summed E-state index contributed by atoms with van der Waals surface area (Å²) in [7, 11) is -2.54. The molecule has 0 unspecified atom stereocenters. The Hall–Kier alpha value is -5.64. The van der Waals surface area contributed by atoms with Gasteiger partial charge >= 0.3 is 5.97 Å². The Bertz CT molecular complexity index is 1990. The number of nitrogens with two attached hydrogens (primary N) is 1. The predicted molar refractivity (Wildman–Crippen MR) is 160 cm³/mol. The standard InChI is InChI=1S/C30H26F2N6O7S/c1-3-43-30(40)17-5-9-24(36-14-17)46(41,42)18-6-8-22(19(13-18)28-35-10-11-38(28)2)44-26-20(31)15-37-29(25(26)32)45-23-12-16(27(33)34)4-7-21(23)39/h4-9,12-15,39H,3,10-11H2,1-2H3,(H3,33,34). The number of likely N-dealkylation sites (N-methyl/N-ethyl adjacent to an activating group) is 1. The molecule has 2 aromatic carbocycles. The Labute approximate surface area is 261 Å². The molecule has 5 rings (SSSR count). The lowest BCUT2D eigenvalue weighted by molar-refractivity contribution is 0.0525. The topological polar surface area (TPSA) is 190 Å². The Morgan fingerprint density at radius 3 is 2.46 bits per heavy atom. The van der Waals surface area contributed by atoms with Gasteiger partial charge in [-0.2, -0.15) is 4.39 Å². The van der Waals surface area contributed by atoms with E-state index in [1.165, 1.54) is 42.5 Å². The Morgan fingerprint density at radius 1 is 1.04 bits per heavy atom. The van der Waals surface area contributed by atoms with Crippen molar-refractivity contribution >= 4 is 27.5 Å². The number of benzene rings is 2. The van der Waals surface area contributed by atoms with E-state index in [9.17, 15) is 22.7 Å². The average molecular weight is 653 g/mol. The maximum atomic E-state index is 15.6. The second-order valence-corrected chi connectivity index (χ2v) is 11.6. The summed E-state index contributed by atoms with van der Waals surface area (Å²) in [6.45, 7) is 2.63. The summed E-state index contributed by atoms with van der Waals surface area (Å²) in [4.78, 5) is 25.4. The minimum Gasteiger partial charge on any atom is -0.504 e. The van der Waals surface area contributed by atoms with Crippen LogP contribution >= 0.6 is 0 Å². The molecule has 0 aliphatic carbocycles. The lowest BCUT2D eigenvalue weighted by atomic mass is 10.1. The monoisotopic (exact) mass is 652 g/mol. The number of halogens is 2. The number of sulfone groups is 1. The fraction of sp³-hybridized carbons (Fsp3) is 0.167.